The van der Waals surface area contributed by atoms with Gasteiger partial charge in [-0.05, 0) is 23.8 Å². The minimum atomic E-state index is -0.0450. The quantitative estimate of drug-likeness (QED) is 0.432. The Morgan fingerprint density at radius 3 is 2.47 bits per heavy atom. The molecule has 0 bridgehead atoms. The summed E-state index contributed by atoms with van der Waals surface area (Å²) in [5.41, 5.74) is 14.0. The molecule has 0 aliphatic carbocycles. The molecule has 0 radical (unpaired) electrons. The molecule has 4 heteroatoms. The van der Waals surface area contributed by atoms with Crippen molar-refractivity contribution in [2.75, 3.05) is 5.73 Å². The summed E-state index contributed by atoms with van der Waals surface area (Å²) in [6.07, 6.45) is 0. The summed E-state index contributed by atoms with van der Waals surface area (Å²) in [6.45, 7) is 0. The lowest BCUT2D eigenvalue weighted by molar-refractivity contribution is 1.42. The van der Waals surface area contributed by atoms with Gasteiger partial charge in [0.2, 0.25) is 0 Å². The summed E-state index contributed by atoms with van der Waals surface area (Å²) >= 11 is 6.11. The minimum Gasteiger partial charge on any atom is -0.398 e. The molecule has 0 atom stereocenters. The second-order valence-corrected chi connectivity index (χ2v) is 4.10. The fourth-order valence-electron chi connectivity index (χ4n) is 1.65. The second-order valence-electron chi connectivity index (χ2n) is 3.70. The number of nitrogens with two attached hydrogens (primary N) is 2. The highest BCUT2D eigenvalue weighted by atomic mass is 35.5. The van der Waals surface area contributed by atoms with E-state index in [-0.39, 0.29) is 5.84 Å². The van der Waals surface area contributed by atoms with Gasteiger partial charge in [-0.2, -0.15) is 0 Å². The van der Waals surface area contributed by atoms with E-state index in [0.717, 1.165) is 11.1 Å². The lowest BCUT2D eigenvalue weighted by Crippen LogP contribution is -2.13. The van der Waals surface area contributed by atoms with E-state index < -0.39 is 0 Å². The third kappa shape index (κ3) is 2.24. The molecule has 0 aromatic heterocycles. The summed E-state index contributed by atoms with van der Waals surface area (Å²) in [5, 5.41) is 8.11. The van der Waals surface area contributed by atoms with Crippen LogP contribution in [0.5, 0.6) is 0 Å². The molecular weight excluding hydrogens is 234 g/mol. The third-order valence-electron chi connectivity index (χ3n) is 2.53. The lowest BCUT2D eigenvalue weighted by atomic mass is 10.0. The molecule has 3 nitrogen and oxygen atoms in total. The molecule has 0 aliphatic heterocycles. The first-order valence-electron chi connectivity index (χ1n) is 5.08. The lowest BCUT2D eigenvalue weighted by Gasteiger charge is -2.08. The first-order valence-corrected chi connectivity index (χ1v) is 5.46. The summed E-state index contributed by atoms with van der Waals surface area (Å²) in [6, 6.07) is 12.9. The molecule has 0 spiro atoms. The number of halogens is 1. The van der Waals surface area contributed by atoms with Crippen LogP contribution in [0.15, 0.2) is 42.5 Å². The van der Waals surface area contributed by atoms with Gasteiger partial charge in [-0.15, -0.1) is 0 Å². The van der Waals surface area contributed by atoms with Crippen molar-refractivity contribution in [3.05, 3.63) is 53.1 Å². The standard InChI is InChI=1S/C13H12ClN3/c14-11-4-2-1-3-9(11)8-5-6-12(15)10(7-8)13(16)17/h1-7H,15H2,(H3,16,17). The molecule has 17 heavy (non-hydrogen) atoms. The van der Waals surface area contributed by atoms with E-state index in [1.165, 1.54) is 0 Å². The Morgan fingerprint density at radius 2 is 1.82 bits per heavy atom. The predicted molar refractivity (Wildman–Crippen MR) is 72.3 cm³/mol. The van der Waals surface area contributed by atoms with Gasteiger partial charge in [0, 0.05) is 21.8 Å². The summed E-state index contributed by atoms with van der Waals surface area (Å²) in [4.78, 5) is 0. The summed E-state index contributed by atoms with van der Waals surface area (Å²) in [5.74, 6) is -0.0450. The number of hydrogen-bond acceptors (Lipinski definition) is 2. The second kappa shape index (κ2) is 4.47. The highest BCUT2D eigenvalue weighted by molar-refractivity contribution is 6.33. The maximum Gasteiger partial charge on any atom is 0.124 e. The van der Waals surface area contributed by atoms with Crippen LogP contribution in [0.4, 0.5) is 5.69 Å². The monoisotopic (exact) mass is 245 g/mol. The molecule has 0 aliphatic rings. The Balaban J connectivity index is 2.58. The summed E-state index contributed by atoms with van der Waals surface area (Å²) in [7, 11) is 0. The number of nitrogens with one attached hydrogen (secondary N) is 1. The Hall–Kier alpha value is -2.00. The maximum atomic E-state index is 7.45. The maximum absolute atomic E-state index is 7.45. The van der Waals surface area contributed by atoms with Gasteiger partial charge in [0.1, 0.15) is 5.84 Å². The van der Waals surface area contributed by atoms with E-state index in [0.29, 0.717) is 16.3 Å². The Bertz CT molecular complexity index is 579. The predicted octanol–water partition coefficient (Wildman–Crippen LogP) is 2.87. The fourth-order valence-corrected chi connectivity index (χ4v) is 1.90. The molecule has 0 heterocycles. The van der Waals surface area contributed by atoms with Crippen LogP contribution < -0.4 is 11.5 Å². The molecule has 5 N–H and O–H groups in total. The smallest absolute Gasteiger partial charge is 0.124 e. The van der Waals surface area contributed by atoms with Gasteiger partial charge >= 0.3 is 0 Å². The van der Waals surface area contributed by atoms with E-state index >= 15 is 0 Å². The number of nitrogen functional groups attached to an aromatic ring is 2. The largest absolute Gasteiger partial charge is 0.398 e. The zero-order chi connectivity index (χ0) is 12.4. The molecule has 0 saturated heterocycles. The van der Waals surface area contributed by atoms with E-state index in [9.17, 15) is 0 Å². The number of rotatable bonds is 2. The van der Waals surface area contributed by atoms with Crippen LogP contribution in [0.1, 0.15) is 5.56 Å². The molecule has 86 valence electrons. The molecule has 2 aromatic carbocycles. The molecule has 0 unspecified atom stereocenters. The average Bonchev–Trinajstić information content (AvgIpc) is 2.30. The van der Waals surface area contributed by atoms with Crippen molar-refractivity contribution in [2.24, 2.45) is 5.73 Å². The molecule has 2 rings (SSSR count). The minimum absolute atomic E-state index is 0.0450. The van der Waals surface area contributed by atoms with Crippen LogP contribution in [0, 0.1) is 5.41 Å². The SMILES string of the molecule is N=C(N)c1cc(-c2ccccc2Cl)ccc1N. The van der Waals surface area contributed by atoms with E-state index in [4.69, 9.17) is 28.5 Å². The third-order valence-corrected chi connectivity index (χ3v) is 2.86. The molecule has 0 amide bonds. The van der Waals surface area contributed by atoms with E-state index in [1.807, 2.05) is 30.3 Å². The van der Waals surface area contributed by atoms with Crippen LogP contribution in [-0.2, 0) is 0 Å². The molecule has 2 aromatic rings. The first kappa shape index (κ1) is 11.5. The van der Waals surface area contributed by atoms with Gasteiger partial charge in [0.25, 0.3) is 0 Å². The van der Waals surface area contributed by atoms with E-state index in [1.54, 1.807) is 12.1 Å². The van der Waals surface area contributed by atoms with Crippen LogP contribution in [0.3, 0.4) is 0 Å². The zero-order valence-electron chi connectivity index (χ0n) is 9.07. The van der Waals surface area contributed by atoms with Crippen molar-refractivity contribution in [1.29, 1.82) is 5.41 Å². The first-order chi connectivity index (χ1) is 8.09. The normalized spacial score (nSPS) is 10.2. The van der Waals surface area contributed by atoms with Gasteiger partial charge in [0.05, 0.1) is 0 Å². The van der Waals surface area contributed by atoms with Crippen molar-refractivity contribution < 1.29 is 0 Å². The van der Waals surface area contributed by atoms with Crippen molar-refractivity contribution in [1.82, 2.24) is 0 Å². The van der Waals surface area contributed by atoms with Gasteiger partial charge in [-0.25, -0.2) is 0 Å². The zero-order valence-corrected chi connectivity index (χ0v) is 9.83. The van der Waals surface area contributed by atoms with Crippen LogP contribution in [0.25, 0.3) is 11.1 Å². The van der Waals surface area contributed by atoms with Crippen LogP contribution >= 0.6 is 11.6 Å². The number of benzene rings is 2. The van der Waals surface area contributed by atoms with Crippen molar-refractivity contribution in [3.8, 4) is 11.1 Å². The highest BCUT2D eigenvalue weighted by Crippen LogP contribution is 2.29. The van der Waals surface area contributed by atoms with Gasteiger partial charge in [-0.3, -0.25) is 5.41 Å². The number of hydrogen-bond donors (Lipinski definition) is 3. The Morgan fingerprint density at radius 1 is 1.12 bits per heavy atom. The molecule has 0 fully saturated rings. The Labute approximate surface area is 105 Å². The Kier molecular flexibility index (Phi) is 3.02. The number of anilines is 1. The van der Waals surface area contributed by atoms with Crippen molar-refractivity contribution in [2.45, 2.75) is 0 Å². The van der Waals surface area contributed by atoms with Gasteiger partial charge in [-0.1, -0.05) is 35.9 Å². The highest BCUT2D eigenvalue weighted by Gasteiger charge is 2.07. The van der Waals surface area contributed by atoms with Crippen molar-refractivity contribution >= 4 is 23.1 Å². The summed E-state index contributed by atoms with van der Waals surface area (Å²) < 4.78 is 0. The average molecular weight is 246 g/mol. The fraction of sp³-hybridized carbons (Fsp3) is 0. The van der Waals surface area contributed by atoms with Gasteiger partial charge in [0.15, 0.2) is 0 Å². The molecule has 0 saturated carbocycles. The molecular formula is C13H12ClN3. The van der Waals surface area contributed by atoms with Crippen LogP contribution in [0.2, 0.25) is 5.02 Å². The van der Waals surface area contributed by atoms with Gasteiger partial charge < -0.3 is 11.5 Å². The topological polar surface area (TPSA) is 75.9 Å². The van der Waals surface area contributed by atoms with Crippen LogP contribution in [-0.4, -0.2) is 5.84 Å². The number of amidine groups is 1. The van der Waals surface area contributed by atoms with Crippen molar-refractivity contribution in [3.63, 3.8) is 0 Å². The van der Waals surface area contributed by atoms with E-state index in [2.05, 4.69) is 0 Å².